The largest absolute Gasteiger partial charge is 0.438 e. The van der Waals surface area contributed by atoms with E-state index in [-0.39, 0.29) is 0 Å². The maximum atomic E-state index is 10.9. The zero-order valence-electron chi connectivity index (χ0n) is 13.6. The second-order valence-corrected chi connectivity index (χ2v) is 5.18. The van der Waals surface area contributed by atoms with Crippen LogP contribution in [0.15, 0.2) is 54.9 Å². The molecule has 0 atom stereocenters. The van der Waals surface area contributed by atoms with Crippen molar-refractivity contribution in [3.05, 3.63) is 60.7 Å². The molecule has 0 aliphatic carbocycles. The molecule has 0 radical (unpaired) electrons. The minimum Gasteiger partial charge on any atom is -0.438 e. The number of aromatic nitrogens is 3. The molecule has 7 heteroatoms. The highest BCUT2D eigenvalue weighted by Gasteiger charge is 2.11. The number of amides is 2. The highest BCUT2D eigenvalue weighted by Crippen LogP contribution is 2.30. The number of primary amides is 1. The summed E-state index contributed by atoms with van der Waals surface area (Å²) < 4.78 is 5.88. The molecule has 2 heterocycles. The smallest absolute Gasteiger partial charge is 0.316 e. The number of hydrogen-bond donors (Lipinski definition) is 2. The maximum absolute atomic E-state index is 10.9. The van der Waals surface area contributed by atoms with Crippen LogP contribution in [-0.4, -0.2) is 21.0 Å². The zero-order chi connectivity index (χ0) is 17.6. The van der Waals surface area contributed by atoms with Gasteiger partial charge in [0.05, 0.1) is 11.3 Å². The van der Waals surface area contributed by atoms with Gasteiger partial charge in [-0.1, -0.05) is 6.92 Å². The van der Waals surface area contributed by atoms with Gasteiger partial charge in [0.2, 0.25) is 5.88 Å². The van der Waals surface area contributed by atoms with E-state index in [1.54, 1.807) is 36.7 Å². The molecule has 2 amide bonds. The van der Waals surface area contributed by atoms with E-state index in [2.05, 4.69) is 20.3 Å². The van der Waals surface area contributed by atoms with Gasteiger partial charge in [-0.3, -0.25) is 0 Å². The third kappa shape index (κ3) is 4.08. The van der Waals surface area contributed by atoms with Crippen molar-refractivity contribution in [2.45, 2.75) is 13.3 Å². The molecule has 0 spiro atoms. The molecule has 0 bridgehead atoms. The summed E-state index contributed by atoms with van der Waals surface area (Å²) in [6.07, 6.45) is 4.13. The van der Waals surface area contributed by atoms with Gasteiger partial charge < -0.3 is 15.8 Å². The van der Waals surface area contributed by atoms with Crippen molar-refractivity contribution in [1.82, 2.24) is 15.0 Å². The van der Waals surface area contributed by atoms with Crippen LogP contribution in [0.25, 0.3) is 11.3 Å². The number of ether oxygens (including phenoxy) is 1. The molecule has 3 rings (SSSR count). The first kappa shape index (κ1) is 16.4. The number of hydrogen-bond acceptors (Lipinski definition) is 5. The lowest BCUT2D eigenvalue weighted by Gasteiger charge is -2.10. The van der Waals surface area contributed by atoms with E-state index in [1.165, 1.54) is 0 Å². The molecule has 0 saturated heterocycles. The molecule has 0 saturated carbocycles. The van der Waals surface area contributed by atoms with Gasteiger partial charge in [0.25, 0.3) is 0 Å². The first-order valence-electron chi connectivity index (χ1n) is 7.77. The number of aryl methyl sites for hydroxylation is 1. The Balaban J connectivity index is 1.87. The second kappa shape index (κ2) is 7.39. The van der Waals surface area contributed by atoms with Crippen molar-refractivity contribution in [3.8, 4) is 22.9 Å². The predicted molar refractivity (Wildman–Crippen MR) is 94.4 cm³/mol. The number of benzene rings is 1. The second-order valence-electron chi connectivity index (χ2n) is 5.18. The summed E-state index contributed by atoms with van der Waals surface area (Å²) in [5, 5.41) is 2.50. The van der Waals surface area contributed by atoms with Crippen LogP contribution in [-0.2, 0) is 6.42 Å². The summed E-state index contributed by atoms with van der Waals surface area (Å²) in [7, 11) is 0. The fourth-order valence-electron chi connectivity index (χ4n) is 2.25. The average Bonchev–Trinajstić information content (AvgIpc) is 2.63. The van der Waals surface area contributed by atoms with Crippen molar-refractivity contribution < 1.29 is 9.53 Å². The van der Waals surface area contributed by atoms with Crippen LogP contribution >= 0.6 is 0 Å². The normalized spacial score (nSPS) is 10.3. The molecule has 0 aliphatic heterocycles. The lowest BCUT2D eigenvalue weighted by Crippen LogP contribution is -2.19. The molecule has 25 heavy (non-hydrogen) atoms. The van der Waals surface area contributed by atoms with Crippen LogP contribution in [0.3, 0.4) is 0 Å². The summed E-state index contributed by atoms with van der Waals surface area (Å²) in [6, 6.07) is 11.8. The lowest BCUT2D eigenvalue weighted by atomic mass is 10.2. The number of carbonyl (C=O) groups is 1. The molecule has 0 unspecified atom stereocenters. The van der Waals surface area contributed by atoms with Crippen LogP contribution in [0.2, 0.25) is 0 Å². The number of pyridine rings is 1. The van der Waals surface area contributed by atoms with Crippen molar-refractivity contribution in [3.63, 3.8) is 0 Å². The molecule has 0 fully saturated rings. The molecule has 1 aromatic carbocycles. The molecule has 0 aliphatic rings. The highest BCUT2D eigenvalue weighted by atomic mass is 16.5. The topological polar surface area (TPSA) is 103 Å². The first-order valence-corrected chi connectivity index (χ1v) is 7.77. The van der Waals surface area contributed by atoms with E-state index in [4.69, 9.17) is 10.5 Å². The van der Waals surface area contributed by atoms with Gasteiger partial charge in [0.15, 0.2) is 0 Å². The van der Waals surface area contributed by atoms with Crippen molar-refractivity contribution >= 4 is 11.7 Å². The van der Waals surface area contributed by atoms with Crippen LogP contribution < -0.4 is 15.8 Å². The number of urea groups is 1. The number of anilines is 1. The van der Waals surface area contributed by atoms with E-state index in [1.807, 2.05) is 25.1 Å². The van der Waals surface area contributed by atoms with Crippen LogP contribution in [0.5, 0.6) is 11.6 Å². The third-order valence-electron chi connectivity index (χ3n) is 3.41. The lowest BCUT2D eigenvalue weighted by molar-refractivity contribution is 0.259. The van der Waals surface area contributed by atoms with E-state index in [0.717, 1.165) is 23.5 Å². The number of rotatable bonds is 5. The highest BCUT2D eigenvalue weighted by molar-refractivity contribution is 5.87. The minimum absolute atomic E-state index is 0.443. The Morgan fingerprint density at radius 2 is 1.92 bits per heavy atom. The van der Waals surface area contributed by atoms with Crippen LogP contribution in [0, 0.1) is 0 Å². The molecular weight excluding hydrogens is 318 g/mol. The maximum Gasteiger partial charge on any atom is 0.316 e. The van der Waals surface area contributed by atoms with Crippen molar-refractivity contribution in [2.75, 3.05) is 5.32 Å². The van der Waals surface area contributed by atoms with Crippen molar-refractivity contribution in [1.29, 1.82) is 0 Å². The Morgan fingerprint density at radius 3 is 2.64 bits per heavy atom. The fraction of sp³-hybridized carbons (Fsp3) is 0.111. The minimum atomic E-state index is -0.615. The standard InChI is InChI=1S/C18H17N5O2/c1-2-16-20-11-9-15(23-16)14-4-3-10-21-17(14)25-13-7-5-12(6-8-13)22-18(19)24/h3-11H,2H2,1H3,(H3,19,22,24). The van der Waals surface area contributed by atoms with E-state index < -0.39 is 6.03 Å². The molecule has 2 aromatic heterocycles. The molecule has 3 N–H and O–H groups in total. The van der Waals surface area contributed by atoms with Crippen molar-refractivity contribution in [2.24, 2.45) is 5.73 Å². The molecule has 3 aromatic rings. The SMILES string of the molecule is CCc1nccc(-c2cccnc2Oc2ccc(NC(N)=O)cc2)n1. The molecule has 7 nitrogen and oxygen atoms in total. The van der Waals surface area contributed by atoms with Gasteiger partial charge >= 0.3 is 6.03 Å². The van der Waals surface area contributed by atoms with Crippen LogP contribution in [0.4, 0.5) is 10.5 Å². The Hall–Kier alpha value is -3.48. The average molecular weight is 335 g/mol. The van der Waals surface area contributed by atoms with Gasteiger partial charge in [0.1, 0.15) is 11.6 Å². The van der Waals surface area contributed by atoms with Crippen LogP contribution in [0.1, 0.15) is 12.7 Å². The van der Waals surface area contributed by atoms with Gasteiger partial charge in [0, 0.05) is 24.5 Å². The third-order valence-corrected chi connectivity index (χ3v) is 3.41. The number of nitrogens with one attached hydrogen (secondary N) is 1. The zero-order valence-corrected chi connectivity index (χ0v) is 13.6. The predicted octanol–water partition coefficient (Wildman–Crippen LogP) is 3.38. The summed E-state index contributed by atoms with van der Waals surface area (Å²) >= 11 is 0. The molecular formula is C18H17N5O2. The van der Waals surface area contributed by atoms with E-state index >= 15 is 0 Å². The number of nitrogens with zero attached hydrogens (tertiary/aromatic N) is 3. The Bertz CT molecular complexity index is 881. The Kier molecular flexibility index (Phi) is 4.84. The number of nitrogens with two attached hydrogens (primary N) is 1. The summed E-state index contributed by atoms with van der Waals surface area (Å²) in [5.74, 6) is 1.78. The number of carbonyl (C=O) groups excluding carboxylic acids is 1. The summed E-state index contributed by atoms with van der Waals surface area (Å²) in [5.41, 5.74) is 7.21. The summed E-state index contributed by atoms with van der Waals surface area (Å²) in [4.78, 5) is 23.9. The van der Waals surface area contributed by atoms with Gasteiger partial charge in [-0.25, -0.2) is 19.7 Å². The first-order chi connectivity index (χ1) is 12.2. The summed E-state index contributed by atoms with van der Waals surface area (Å²) in [6.45, 7) is 2.00. The molecule has 126 valence electrons. The fourth-order valence-corrected chi connectivity index (χ4v) is 2.25. The van der Waals surface area contributed by atoms with E-state index in [9.17, 15) is 4.79 Å². The van der Waals surface area contributed by atoms with Gasteiger partial charge in [-0.15, -0.1) is 0 Å². The Morgan fingerprint density at radius 1 is 1.12 bits per heavy atom. The van der Waals surface area contributed by atoms with Gasteiger partial charge in [-0.05, 0) is 42.5 Å². The quantitative estimate of drug-likeness (QED) is 0.744. The Labute approximate surface area is 144 Å². The van der Waals surface area contributed by atoms with Gasteiger partial charge in [-0.2, -0.15) is 0 Å². The van der Waals surface area contributed by atoms with E-state index in [0.29, 0.717) is 17.3 Å². The monoisotopic (exact) mass is 335 g/mol.